The fraction of sp³-hybridized carbons (Fsp3) is 0.183. The van der Waals surface area contributed by atoms with Gasteiger partial charge < -0.3 is 14.4 Å². The Balaban J connectivity index is 1.01. The fourth-order valence-electron chi connectivity index (χ4n) is 17.6. The van der Waals surface area contributed by atoms with Crippen molar-refractivity contribution in [3.63, 3.8) is 0 Å². The van der Waals surface area contributed by atoms with Gasteiger partial charge in [-0.3, -0.25) is 0 Å². The summed E-state index contributed by atoms with van der Waals surface area (Å²) >= 11 is 1.80. The van der Waals surface area contributed by atoms with Crippen LogP contribution in [0.2, 0.25) is 0 Å². The molecule has 0 fully saturated rings. The van der Waals surface area contributed by atoms with Crippen molar-refractivity contribution < 1.29 is 21.0 Å². The van der Waals surface area contributed by atoms with Gasteiger partial charge >= 0.3 is 0 Å². The van der Waals surface area contributed by atoms with Crippen molar-refractivity contribution in [3.05, 3.63) is 337 Å². The van der Waals surface area contributed by atoms with Crippen molar-refractivity contribution in [1.29, 1.82) is 0 Å². The Bertz CT molecular complexity index is 7580. The molecule has 0 N–H and O–H groups in total. The molecular weight excluding hydrogens is 1410 g/mol. The molecule has 14 aromatic carbocycles. The molecule has 6 heterocycles. The minimum Gasteiger partial charge on any atom is -0.310 e. The minimum atomic E-state index is -0.699. The molecule has 560 valence electrons. The summed E-state index contributed by atoms with van der Waals surface area (Å²) < 4.78 is 121. The van der Waals surface area contributed by atoms with Gasteiger partial charge in [-0.25, -0.2) is 0 Å². The highest BCUT2D eigenvalue weighted by atomic mass is 32.1. The number of thiophene rings is 1. The molecule has 20 rings (SSSR count). The third-order valence-electron chi connectivity index (χ3n) is 24.0. The molecule has 0 aliphatic carbocycles. The number of para-hydroxylation sites is 1. The van der Waals surface area contributed by atoms with Gasteiger partial charge in [0.05, 0.1) is 38.9 Å². The Labute approximate surface area is 699 Å². The largest absolute Gasteiger partial charge is 0.310 e. The van der Waals surface area contributed by atoms with Crippen molar-refractivity contribution in [3.8, 4) is 89.3 Å². The molecule has 0 saturated carbocycles. The smallest absolute Gasteiger partial charge is 0.252 e. The molecular formula is C109H96BN4S+. The molecule has 0 amide bonds. The van der Waals surface area contributed by atoms with Crippen LogP contribution in [-0.2, 0) is 27.1 Å². The zero-order chi connectivity index (χ0) is 89.5. The number of benzene rings is 14. The molecule has 3 aliphatic heterocycles. The maximum Gasteiger partial charge on any atom is 0.252 e. The summed E-state index contributed by atoms with van der Waals surface area (Å²) in [6.07, 6.45) is 4.60. The summed E-state index contributed by atoms with van der Waals surface area (Å²) in [4.78, 5) is 5.07. The van der Waals surface area contributed by atoms with Crippen LogP contribution >= 0.6 is 11.3 Å². The van der Waals surface area contributed by atoms with Crippen LogP contribution in [0.1, 0.15) is 148 Å². The van der Waals surface area contributed by atoms with E-state index in [1.54, 1.807) is 15.9 Å². The summed E-state index contributed by atoms with van der Waals surface area (Å²) in [7, 11) is 0. The molecule has 4 nitrogen and oxygen atoms in total. The molecule has 13 bridgehead atoms. The molecule has 6 heteroatoms. The van der Waals surface area contributed by atoms with Gasteiger partial charge in [0, 0.05) is 105 Å². The van der Waals surface area contributed by atoms with Gasteiger partial charge in [-0.1, -0.05) is 280 Å². The van der Waals surface area contributed by atoms with Gasteiger partial charge in [-0.05, 0) is 225 Å². The van der Waals surface area contributed by atoms with Crippen LogP contribution in [0.4, 0.5) is 34.1 Å². The molecule has 0 spiro atoms. The van der Waals surface area contributed by atoms with E-state index < -0.39 is 101 Å². The number of hydrogen-bond donors (Lipinski definition) is 0. The molecule has 115 heavy (non-hydrogen) atoms. The van der Waals surface area contributed by atoms with E-state index in [2.05, 4.69) is 349 Å². The molecule has 0 unspecified atom stereocenters. The molecule has 3 aromatic heterocycles. The Morgan fingerprint density at radius 3 is 1.28 bits per heavy atom. The average molecular weight is 1520 g/mol. The summed E-state index contributed by atoms with van der Waals surface area (Å²) in [5.74, 6) is 0. The summed E-state index contributed by atoms with van der Waals surface area (Å²) in [6, 6.07) is 76.1. The van der Waals surface area contributed by atoms with E-state index in [1.807, 2.05) is 6.07 Å². The second-order valence-electron chi connectivity index (χ2n) is 36.8. The van der Waals surface area contributed by atoms with E-state index in [-0.39, 0.29) is 38.1 Å². The Morgan fingerprint density at radius 2 is 0.757 bits per heavy atom. The standard InChI is InChI=1S/C109H96BN4S/c1-105(2,3)77-57-85(68-31-21-17-22-32-68)103-87(59-77)75-37-27-35-70(51-75)73-42-49-100-90(54-73)91-55-74(43-50-101(91)115-100)71-36-28-38-76(52-71)88-60-78(106(4,5)6)58-86(69-33-23-18-24-34-69)104(88)114-97-64-83(112-94-40-26-25-39-84(94)89-53-72(41-48-95(89)112)67-29-19-16-20-30-67)45-47-93(97)110-92-46-44-82(111-65-80(108(10,11)12)56-81(66-111)109(13,14)15)63-96(92)113(103)98-61-79(107(7,8)9)62-99(114)102(98)110/h16-66H,1-15H3/q+1/i16D,19D,20D,25D,26D,29D,30D,39D,40D,41D,48D,53D. The lowest BCUT2D eigenvalue weighted by molar-refractivity contribution is -0.597. The van der Waals surface area contributed by atoms with Crippen molar-refractivity contribution in [2.45, 2.75) is 131 Å². The van der Waals surface area contributed by atoms with Crippen LogP contribution in [0.25, 0.3) is 131 Å². The Morgan fingerprint density at radius 1 is 0.313 bits per heavy atom. The predicted molar refractivity (Wildman–Crippen MR) is 494 cm³/mol. The van der Waals surface area contributed by atoms with Crippen LogP contribution in [-0.4, -0.2) is 11.3 Å². The SMILES string of the molecule is [2H]c1c([2H])c([2H])c(-c2c([2H])c([2H])c3c(c2[2H])c2c([2H])c([2H])c([2H])c([2H])c2n3-c2ccc3c(c2)N2c4cc(C(C)(C)C)cc5c4B3c3ccc(-[n+]4cc(C(C)(C)C)cc(C(C)(C)C)c4)cc3N5c3c(-c4ccccc4)cc(C(C)(C)C)cc3-c3cccc(c3)-c3ccc4sc5ccc(cc5c4c3)-c3cccc(c3)-c3cc(C(C)(C)C)cc(-c4ccccc4)c32)c([2H])c1[2H]. The first-order chi connectivity index (χ1) is 60.1. The van der Waals surface area contributed by atoms with Crippen molar-refractivity contribution in [2.75, 3.05) is 9.80 Å². The number of nitrogens with zero attached hydrogens (tertiary/aromatic N) is 4. The van der Waals surface area contributed by atoms with Gasteiger partial charge in [0.1, 0.15) is 0 Å². The lowest BCUT2D eigenvalue weighted by atomic mass is 9.33. The second kappa shape index (κ2) is 26.2. The van der Waals surface area contributed by atoms with Gasteiger partial charge in [0.2, 0.25) is 5.69 Å². The Hall–Kier alpha value is -12.1. The summed E-state index contributed by atoms with van der Waals surface area (Å²) in [5.41, 5.74) is 24.2. The topological polar surface area (TPSA) is 15.3 Å². The third-order valence-corrected chi connectivity index (χ3v) is 25.2. The van der Waals surface area contributed by atoms with Crippen molar-refractivity contribution >= 4 is 111 Å². The number of anilines is 6. The highest BCUT2D eigenvalue weighted by Crippen LogP contribution is 2.57. The number of rotatable bonds is 5. The first kappa shape index (κ1) is 59.6. The van der Waals surface area contributed by atoms with Gasteiger partial charge in [0.15, 0.2) is 12.4 Å². The van der Waals surface area contributed by atoms with Crippen LogP contribution in [0, 0.1) is 0 Å². The maximum absolute atomic E-state index is 10.5. The highest BCUT2D eigenvalue weighted by Gasteiger charge is 2.47. The molecule has 3 aliphatic rings. The van der Waals surface area contributed by atoms with E-state index in [1.165, 1.54) is 25.9 Å². The quantitative estimate of drug-likeness (QED) is 0.126. The first-order valence-electron chi connectivity index (χ1n) is 46.1. The van der Waals surface area contributed by atoms with Crippen LogP contribution in [0.3, 0.4) is 0 Å². The summed E-state index contributed by atoms with van der Waals surface area (Å²) in [5, 5.41) is 2.04. The Kier molecular flexibility index (Phi) is 13.6. The zero-order valence-corrected chi connectivity index (χ0v) is 68.6. The number of aromatic nitrogens is 2. The number of fused-ring (bicyclic) bond motifs is 23. The normalized spacial score (nSPS) is 14.8. The monoisotopic (exact) mass is 1520 g/mol. The second-order valence-corrected chi connectivity index (χ2v) is 37.9. The van der Waals surface area contributed by atoms with E-state index in [9.17, 15) is 12.3 Å². The lowest BCUT2D eigenvalue weighted by Crippen LogP contribution is -2.61. The molecule has 0 radical (unpaired) electrons. The number of pyridine rings is 1. The predicted octanol–water partition coefficient (Wildman–Crippen LogP) is 28.0. The molecule has 0 saturated heterocycles. The maximum atomic E-state index is 10.5. The fourth-order valence-corrected chi connectivity index (χ4v) is 18.7. The minimum absolute atomic E-state index is 0.0799. The first-order valence-corrected chi connectivity index (χ1v) is 40.9. The van der Waals surface area contributed by atoms with Crippen molar-refractivity contribution in [2.24, 2.45) is 0 Å². The van der Waals surface area contributed by atoms with Gasteiger partial charge in [-0.15, -0.1) is 11.3 Å². The van der Waals surface area contributed by atoms with Gasteiger partial charge in [0.25, 0.3) is 6.71 Å². The summed E-state index contributed by atoms with van der Waals surface area (Å²) in [6.45, 7) is 33.6. The van der Waals surface area contributed by atoms with E-state index in [0.29, 0.717) is 11.4 Å². The zero-order valence-electron chi connectivity index (χ0n) is 79.8. The molecule has 17 aromatic rings. The van der Waals surface area contributed by atoms with Crippen molar-refractivity contribution in [1.82, 2.24) is 4.57 Å². The van der Waals surface area contributed by atoms with Crippen LogP contribution < -0.4 is 30.8 Å². The molecule has 0 atom stereocenters. The number of hydrogen-bond acceptors (Lipinski definition) is 3. The third kappa shape index (κ3) is 12.1. The van der Waals surface area contributed by atoms with Crippen LogP contribution in [0.5, 0.6) is 0 Å². The highest BCUT2D eigenvalue weighted by molar-refractivity contribution is 7.25. The van der Waals surface area contributed by atoms with Crippen LogP contribution in [0.15, 0.2) is 309 Å². The van der Waals surface area contributed by atoms with Gasteiger partial charge in [-0.2, -0.15) is 4.57 Å². The lowest BCUT2D eigenvalue weighted by Gasteiger charge is -2.46. The van der Waals surface area contributed by atoms with E-state index >= 15 is 0 Å². The van der Waals surface area contributed by atoms with E-state index in [4.69, 9.17) is 4.11 Å². The van der Waals surface area contributed by atoms with E-state index in [0.717, 1.165) is 139 Å². The average Bonchev–Trinajstić information content (AvgIpc) is 1.15.